The summed E-state index contributed by atoms with van der Waals surface area (Å²) in [5.74, 6) is -0.681. The number of carbonyl (C=O) groups excluding carboxylic acids is 1. The van der Waals surface area contributed by atoms with Gasteiger partial charge in [0.05, 0.1) is 16.7 Å². The zero-order valence-corrected chi connectivity index (χ0v) is 10.8. The number of aromatic nitrogens is 1. The molecule has 0 saturated heterocycles. The quantitative estimate of drug-likeness (QED) is 0.862. The summed E-state index contributed by atoms with van der Waals surface area (Å²) in [6.07, 6.45) is -4.39. The molecule has 4 nitrogen and oxygen atoms in total. The Bertz CT molecular complexity index is 405. The minimum Gasteiger partial charge on any atom is -0.346 e. The van der Waals surface area contributed by atoms with Crippen molar-refractivity contribution in [1.82, 2.24) is 15.6 Å². The largest absolute Gasteiger partial charge is 0.405 e. The van der Waals surface area contributed by atoms with Crippen LogP contribution < -0.4 is 10.6 Å². The molecule has 0 spiro atoms. The second kappa shape index (κ2) is 6.14. The summed E-state index contributed by atoms with van der Waals surface area (Å²) in [6, 6.07) is -0.700. The average Bonchev–Trinajstić information content (AvgIpc) is 2.67. The first-order valence-electron chi connectivity index (χ1n) is 5.27. The number of hydrogen-bond acceptors (Lipinski definition) is 4. The monoisotopic (exact) mass is 281 g/mol. The fourth-order valence-electron chi connectivity index (χ4n) is 1.18. The smallest absolute Gasteiger partial charge is 0.346 e. The van der Waals surface area contributed by atoms with Gasteiger partial charge in [-0.3, -0.25) is 4.79 Å². The first kappa shape index (κ1) is 14.9. The van der Waals surface area contributed by atoms with Gasteiger partial charge < -0.3 is 10.6 Å². The number of aryl methyl sites for hydroxylation is 1. The minimum atomic E-state index is -4.39. The molecule has 102 valence electrons. The number of rotatable bonds is 5. The van der Waals surface area contributed by atoms with E-state index >= 15 is 0 Å². The van der Waals surface area contributed by atoms with Crippen molar-refractivity contribution in [3.8, 4) is 0 Å². The summed E-state index contributed by atoms with van der Waals surface area (Å²) >= 11 is 1.48. The van der Waals surface area contributed by atoms with E-state index in [0.717, 1.165) is 10.7 Å². The number of nitrogens with one attached hydrogen (secondary N) is 2. The van der Waals surface area contributed by atoms with Gasteiger partial charge in [0.1, 0.15) is 6.54 Å². The van der Waals surface area contributed by atoms with E-state index in [1.807, 2.05) is 17.6 Å². The fraction of sp³-hybridized carbons (Fsp3) is 0.600. The maximum absolute atomic E-state index is 11.9. The van der Waals surface area contributed by atoms with Crippen LogP contribution in [0.3, 0.4) is 0 Å². The topological polar surface area (TPSA) is 54.0 Å². The van der Waals surface area contributed by atoms with E-state index < -0.39 is 24.7 Å². The third-order valence-corrected chi connectivity index (χ3v) is 2.93. The van der Waals surface area contributed by atoms with Crippen LogP contribution in [-0.2, 0) is 11.3 Å². The number of hydrogen-bond donors (Lipinski definition) is 2. The number of amides is 1. The minimum absolute atomic E-state index is 0.352. The Morgan fingerprint density at radius 2 is 2.22 bits per heavy atom. The fourth-order valence-corrected chi connectivity index (χ4v) is 1.79. The molecule has 1 atom stereocenters. The lowest BCUT2D eigenvalue weighted by Gasteiger charge is -2.14. The Hall–Kier alpha value is -1.15. The lowest BCUT2D eigenvalue weighted by atomic mass is 10.3. The molecular formula is C10H14F3N3OS. The first-order valence-corrected chi connectivity index (χ1v) is 6.15. The number of carbonyl (C=O) groups is 1. The SMILES string of the molecule is Cc1nc(CNC(C)C(=O)NCC(F)(F)F)cs1. The number of alkyl halides is 3. The number of halogens is 3. The summed E-state index contributed by atoms with van der Waals surface area (Å²) in [5, 5.41) is 7.37. The molecule has 0 aliphatic carbocycles. The molecule has 8 heteroatoms. The van der Waals surface area contributed by atoms with Crippen molar-refractivity contribution in [3.05, 3.63) is 16.1 Å². The van der Waals surface area contributed by atoms with Gasteiger partial charge in [-0.05, 0) is 13.8 Å². The number of thiazole rings is 1. The van der Waals surface area contributed by atoms with E-state index in [1.54, 1.807) is 0 Å². The first-order chi connectivity index (χ1) is 8.28. The Morgan fingerprint density at radius 1 is 1.56 bits per heavy atom. The Kier molecular flexibility index (Phi) is 5.09. The molecule has 0 aliphatic heterocycles. The van der Waals surface area contributed by atoms with Crippen LogP contribution in [0.5, 0.6) is 0 Å². The highest BCUT2D eigenvalue weighted by Gasteiger charge is 2.28. The van der Waals surface area contributed by atoms with Gasteiger partial charge in [0.25, 0.3) is 0 Å². The molecule has 0 aliphatic rings. The van der Waals surface area contributed by atoms with Crippen LogP contribution in [0.2, 0.25) is 0 Å². The van der Waals surface area contributed by atoms with E-state index in [1.165, 1.54) is 18.3 Å². The normalized spacial score (nSPS) is 13.4. The average molecular weight is 281 g/mol. The van der Waals surface area contributed by atoms with Crippen molar-refractivity contribution >= 4 is 17.2 Å². The van der Waals surface area contributed by atoms with Gasteiger partial charge in [-0.1, -0.05) is 0 Å². The highest BCUT2D eigenvalue weighted by molar-refractivity contribution is 7.09. The molecule has 0 aromatic carbocycles. The third kappa shape index (κ3) is 5.46. The van der Waals surface area contributed by atoms with E-state index in [0.29, 0.717) is 6.54 Å². The summed E-state index contributed by atoms with van der Waals surface area (Å²) < 4.78 is 35.7. The summed E-state index contributed by atoms with van der Waals surface area (Å²) in [7, 11) is 0. The van der Waals surface area contributed by atoms with Crippen LogP contribution in [0.15, 0.2) is 5.38 Å². The lowest BCUT2D eigenvalue weighted by Crippen LogP contribution is -2.45. The Labute approximate surface area is 107 Å². The van der Waals surface area contributed by atoms with Crippen molar-refractivity contribution in [2.45, 2.75) is 32.6 Å². The van der Waals surface area contributed by atoms with Gasteiger partial charge in [-0.15, -0.1) is 11.3 Å². The van der Waals surface area contributed by atoms with Crippen LogP contribution in [-0.4, -0.2) is 29.7 Å². The van der Waals surface area contributed by atoms with Gasteiger partial charge in [-0.25, -0.2) is 4.98 Å². The van der Waals surface area contributed by atoms with E-state index in [9.17, 15) is 18.0 Å². The second-order valence-corrected chi connectivity index (χ2v) is 4.86. The summed E-state index contributed by atoms with van der Waals surface area (Å²) in [4.78, 5) is 15.5. The van der Waals surface area contributed by atoms with Crippen LogP contribution in [0.1, 0.15) is 17.6 Å². The molecule has 0 radical (unpaired) electrons. The Balaban J connectivity index is 2.32. The van der Waals surface area contributed by atoms with Crippen LogP contribution in [0.25, 0.3) is 0 Å². The molecule has 0 fully saturated rings. The standard InChI is InChI=1S/C10H14F3N3OS/c1-6(9(17)15-5-10(11,12)13)14-3-8-4-18-7(2)16-8/h4,6,14H,3,5H2,1-2H3,(H,15,17). The van der Waals surface area contributed by atoms with Gasteiger partial charge in [0.15, 0.2) is 0 Å². The zero-order valence-electron chi connectivity index (χ0n) is 9.97. The van der Waals surface area contributed by atoms with Gasteiger partial charge in [0, 0.05) is 11.9 Å². The van der Waals surface area contributed by atoms with Gasteiger partial charge in [-0.2, -0.15) is 13.2 Å². The van der Waals surface area contributed by atoms with Crippen molar-refractivity contribution < 1.29 is 18.0 Å². The van der Waals surface area contributed by atoms with Crippen LogP contribution >= 0.6 is 11.3 Å². The molecule has 1 rings (SSSR count). The molecular weight excluding hydrogens is 267 g/mol. The highest BCUT2D eigenvalue weighted by atomic mass is 32.1. The maximum atomic E-state index is 11.9. The second-order valence-electron chi connectivity index (χ2n) is 3.79. The molecule has 1 amide bonds. The van der Waals surface area contributed by atoms with E-state index in [-0.39, 0.29) is 0 Å². The molecule has 0 bridgehead atoms. The summed E-state index contributed by atoms with van der Waals surface area (Å²) in [6.45, 7) is 2.40. The van der Waals surface area contributed by atoms with Crippen LogP contribution in [0.4, 0.5) is 13.2 Å². The van der Waals surface area contributed by atoms with Crippen molar-refractivity contribution in [1.29, 1.82) is 0 Å². The van der Waals surface area contributed by atoms with Crippen LogP contribution in [0, 0.1) is 6.92 Å². The van der Waals surface area contributed by atoms with Gasteiger partial charge in [0.2, 0.25) is 5.91 Å². The molecule has 18 heavy (non-hydrogen) atoms. The molecule has 1 aromatic rings. The third-order valence-electron chi connectivity index (χ3n) is 2.11. The zero-order chi connectivity index (χ0) is 13.8. The highest BCUT2D eigenvalue weighted by Crippen LogP contribution is 2.12. The molecule has 1 heterocycles. The van der Waals surface area contributed by atoms with E-state index in [2.05, 4.69) is 10.3 Å². The molecule has 1 aromatic heterocycles. The van der Waals surface area contributed by atoms with Crippen molar-refractivity contribution in [2.24, 2.45) is 0 Å². The van der Waals surface area contributed by atoms with Gasteiger partial charge >= 0.3 is 6.18 Å². The molecule has 2 N–H and O–H groups in total. The predicted molar refractivity (Wildman–Crippen MR) is 62.2 cm³/mol. The number of nitrogens with zero attached hydrogens (tertiary/aromatic N) is 1. The molecule has 0 saturated carbocycles. The molecule has 1 unspecified atom stereocenters. The lowest BCUT2D eigenvalue weighted by molar-refractivity contribution is -0.139. The summed E-state index contributed by atoms with van der Waals surface area (Å²) in [5.41, 5.74) is 0.771. The predicted octanol–water partition coefficient (Wildman–Crippen LogP) is 1.61. The van der Waals surface area contributed by atoms with Crippen molar-refractivity contribution in [2.75, 3.05) is 6.54 Å². The van der Waals surface area contributed by atoms with E-state index in [4.69, 9.17) is 0 Å². The maximum Gasteiger partial charge on any atom is 0.405 e. The van der Waals surface area contributed by atoms with Crippen molar-refractivity contribution in [3.63, 3.8) is 0 Å². The Morgan fingerprint density at radius 3 is 2.72 bits per heavy atom.